The van der Waals surface area contributed by atoms with Gasteiger partial charge in [0.1, 0.15) is 0 Å². The molecule has 0 amide bonds. The van der Waals surface area contributed by atoms with Gasteiger partial charge in [-0.25, -0.2) is 9.59 Å². The summed E-state index contributed by atoms with van der Waals surface area (Å²) in [6.45, 7) is 1.51. The third kappa shape index (κ3) is 3.15. The molecule has 4 nitrogen and oxygen atoms in total. The Balaban J connectivity index is 2.70. The molecule has 2 heterocycles. The minimum atomic E-state index is -4.82. The van der Waals surface area contributed by atoms with Crippen molar-refractivity contribution < 1.29 is 27.1 Å². The number of rotatable bonds is 3. The first-order valence-corrected chi connectivity index (χ1v) is 6.69. The number of hydrogen-bond acceptors (Lipinski definition) is 5. The fourth-order valence-corrected chi connectivity index (χ4v) is 2.40. The maximum absolute atomic E-state index is 12.7. The lowest BCUT2D eigenvalue weighted by molar-refractivity contribution is -0.154. The molecule has 0 aliphatic rings. The third-order valence-corrected chi connectivity index (χ3v) is 3.40. The highest BCUT2D eigenvalue weighted by Gasteiger charge is 2.37. The minimum Gasteiger partial charge on any atom is -0.462 e. The highest BCUT2D eigenvalue weighted by molar-refractivity contribution is 7.13. The molecular weight excluding hydrogens is 309 g/mol. The summed E-state index contributed by atoms with van der Waals surface area (Å²) in [4.78, 5) is 23.9. The lowest BCUT2D eigenvalue weighted by Crippen LogP contribution is -2.21. The monoisotopic (exact) mass is 318 g/mol. The van der Waals surface area contributed by atoms with Gasteiger partial charge in [0, 0.05) is 10.4 Å². The molecule has 0 saturated heterocycles. The fraction of sp³-hybridized carbons (Fsp3) is 0.231. The number of ether oxygens (including phenoxy) is 1. The van der Waals surface area contributed by atoms with Gasteiger partial charge in [0.2, 0.25) is 5.76 Å². The van der Waals surface area contributed by atoms with Crippen molar-refractivity contribution in [2.45, 2.75) is 13.1 Å². The number of alkyl halides is 3. The highest BCUT2D eigenvalue weighted by Crippen LogP contribution is 2.34. The van der Waals surface area contributed by atoms with Crippen LogP contribution in [-0.4, -0.2) is 12.6 Å². The second kappa shape index (κ2) is 5.72. The van der Waals surface area contributed by atoms with Crippen molar-refractivity contribution in [2.75, 3.05) is 6.61 Å². The first-order chi connectivity index (χ1) is 9.84. The second-order valence-corrected chi connectivity index (χ2v) is 4.83. The quantitative estimate of drug-likeness (QED) is 0.812. The van der Waals surface area contributed by atoms with E-state index in [-0.39, 0.29) is 12.2 Å². The van der Waals surface area contributed by atoms with E-state index >= 15 is 0 Å². The zero-order valence-electron chi connectivity index (χ0n) is 10.7. The Kier molecular flexibility index (Phi) is 4.17. The maximum atomic E-state index is 12.7. The van der Waals surface area contributed by atoms with E-state index < -0.39 is 29.1 Å². The van der Waals surface area contributed by atoms with Gasteiger partial charge in [-0.1, -0.05) is 6.07 Å². The van der Waals surface area contributed by atoms with Crippen LogP contribution in [-0.2, 0) is 10.9 Å². The number of carbonyl (C=O) groups is 1. The van der Waals surface area contributed by atoms with Crippen molar-refractivity contribution in [1.82, 2.24) is 0 Å². The zero-order valence-corrected chi connectivity index (χ0v) is 11.5. The fourth-order valence-electron chi connectivity index (χ4n) is 1.66. The Morgan fingerprint density at radius 1 is 1.43 bits per heavy atom. The molecule has 0 atom stereocenters. The average Bonchev–Trinajstić information content (AvgIpc) is 2.90. The summed E-state index contributed by atoms with van der Waals surface area (Å²) in [5.41, 5.74) is -2.05. The second-order valence-electron chi connectivity index (χ2n) is 3.88. The Labute approximate surface area is 120 Å². The number of hydrogen-bond donors (Lipinski definition) is 0. The van der Waals surface area contributed by atoms with E-state index in [0.717, 1.165) is 11.3 Å². The number of carbonyl (C=O) groups excluding carboxylic acids is 1. The molecule has 0 radical (unpaired) electrons. The first kappa shape index (κ1) is 15.3. The lowest BCUT2D eigenvalue weighted by atomic mass is 10.1. The number of thiophene rings is 1. The van der Waals surface area contributed by atoms with E-state index in [9.17, 15) is 22.8 Å². The van der Waals surface area contributed by atoms with Crippen molar-refractivity contribution in [3.8, 4) is 10.4 Å². The molecule has 2 aromatic heterocycles. The number of halogens is 3. The van der Waals surface area contributed by atoms with Crippen LogP contribution in [0.1, 0.15) is 23.0 Å². The van der Waals surface area contributed by atoms with E-state index in [1.165, 1.54) is 13.0 Å². The molecule has 2 rings (SSSR count). The molecule has 0 N–H and O–H groups in total. The van der Waals surface area contributed by atoms with Gasteiger partial charge in [0.15, 0.2) is 5.56 Å². The molecular formula is C13H9F3O4S. The average molecular weight is 318 g/mol. The van der Waals surface area contributed by atoms with Crippen molar-refractivity contribution in [3.63, 3.8) is 0 Å². The van der Waals surface area contributed by atoms with Gasteiger partial charge < -0.3 is 9.15 Å². The SMILES string of the molecule is CCOC(=O)c1c(-c2cccs2)cc(C(F)(F)F)oc1=O. The van der Waals surface area contributed by atoms with Gasteiger partial charge in [0.25, 0.3) is 0 Å². The first-order valence-electron chi connectivity index (χ1n) is 5.81. The van der Waals surface area contributed by atoms with Gasteiger partial charge in [-0.15, -0.1) is 11.3 Å². The summed E-state index contributed by atoms with van der Waals surface area (Å²) >= 11 is 1.10. The van der Waals surface area contributed by atoms with E-state index in [1.807, 2.05) is 0 Å². The zero-order chi connectivity index (χ0) is 15.6. The molecule has 0 aliphatic carbocycles. The summed E-state index contributed by atoms with van der Waals surface area (Å²) in [7, 11) is 0. The predicted molar refractivity (Wildman–Crippen MR) is 69.2 cm³/mol. The molecule has 2 aromatic rings. The summed E-state index contributed by atoms with van der Waals surface area (Å²) in [5.74, 6) is -2.47. The van der Waals surface area contributed by atoms with Crippen molar-refractivity contribution in [2.24, 2.45) is 0 Å². The van der Waals surface area contributed by atoms with Gasteiger partial charge in [0.05, 0.1) is 6.61 Å². The van der Waals surface area contributed by atoms with Gasteiger partial charge >= 0.3 is 17.8 Å². The van der Waals surface area contributed by atoms with Crippen LogP contribution >= 0.6 is 11.3 Å². The van der Waals surface area contributed by atoms with Gasteiger partial charge in [-0.3, -0.25) is 0 Å². The van der Waals surface area contributed by atoms with Crippen molar-refractivity contribution in [3.05, 3.63) is 45.3 Å². The Morgan fingerprint density at radius 3 is 2.67 bits per heavy atom. The molecule has 0 fully saturated rings. The lowest BCUT2D eigenvalue weighted by Gasteiger charge is -2.10. The van der Waals surface area contributed by atoms with Crippen LogP contribution in [0.5, 0.6) is 0 Å². The molecule has 0 unspecified atom stereocenters. The van der Waals surface area contributed by atoms with Crippen LogP contribution in [0.25, 0.3) is 10.4 Å². The predicted octanol–water partition coefficient (Wildman–Crippen LogP) is 3.56. The molecule has 0 bridgehead atoms. The highest BCUT2D eigenvalue weighted by atomic mass is 32.1. The Morgan fingerprint density at radius 2 is 2.14 bits per heavy atom. The van der Waals surface area contributed by atoms with Crippen LogP contribution in [0.4, 0.5) is 13.2 Å². The Hall–Kier alpha value is -2.09. The van der Waals surface area contributed by atoms with Gasteiger partial charge in [-0.05, 0) is 24.4 Å². The smallest absolute Gasteiger partial charge is 0.449 e. The van der Waals surface area contributed by atoms with Crippen molar-refractivity contribution in [1.29, 1.82) is 0 Å². The molecule has 21 heavy (non-hydrogen) atoms. The van der Waals surface area contributed by atoms with Crippen LogP contribution in [0.15, 0.2) is 32.8 Å². The molecule has 8 heteroatoms. The van der Waals surface area contributed by atoms with Crippen molar-refractivity contribution >= 4 is 17.3 Å². The molecule has 0 aromatic carbocycles. The summed E-state index contributed by atoms with van der Waals surface area (Å²) in [5, 5.41) is 1.62. The van der Waals surface area contributed by atoms with E-state index in [1.54, 1.807) is 11.4 Å². The van der Waals surface area contributed by atoms with E-state index in [0.29, 0.717) is 10.9 Å². The summed E-state index contributed by atoms with van der Waals surface area (Å²) < 4.78 is 47.1. The van der Waals surface area contributed by atoms with E-state index in [2.05, 4.69) is 4.42 Å². The summed E-state index contributed by atoms with van der Waals surface area (Å²) in [6.07, 6.45) is -4.82. The molecule has 112 valence electrons. The molecule has 0 aliphatic heterocycles. The minimum absolute atomic E-state index is 0.0107. The number of esters is 1. The Bertz CT molecular complexity index is 701. The largest absolute Gasteiger partial charge is 0.462 e. The van der Waals surface area contributed by atoms with Crippen LogP contribution < -0.4 is 5.63 Å². The van der Waals surface area contributed by atoms with E-state index in [4.69, 9.17) is 4.74 Å². The van der Waals surface area contributed by atoms with Crippen LogP contribution in [0, 0.1) is 0 Å². The molecule has 0 saturated carbocycles. The molecule has 0 spiro atoms. The maximum Gasteiger partial charge on any atom is 0.449 e. The normalized spacial score (nSPS) is 11.4. The van der Waals surface area contributed by atoms with Crippen LogP contribution in [0.3, 0.4) is 0 Å². The van der Waals surface area contributed by atoms with Crippen LogP contribution in [0.2, 0.25) is 0 Å². The topological polar surface area (TPSA) is 56.5 Å². The van der Waals surface area contributed by atoms with Gasteiger partial charge in [-0.2, -0.15) is 13.2 Å². The summed E-state index contributed by atoms with van der Waals surface area (Å²) in [6, 6.07) is 3.73. The standard InChI is InChI=1S/C13H9F3O4S/c1-2-19-11(17)10-7(8-4-3-5-21-8)6-9(13(14,15)16)20-12(10)18/h3-6H,2H2,1H3. The third-order valence-electron chi connectivity index (χ3n) is 2.50.